The average molecular weight is 386 g/mol. The quantitative estimate of drug-likeness (QED) is 0.796. The summed E-state index contributed by atoms with van der Waals surface area (Å²) in [5.41, 5.74) is 1.94. The predicted molar refractivity (Wildman–Crippen MR) is 104 cm³/mol. The number of rotatable bonds is 4. The van der Waals surface area contributed by atoms with Crippen LogP contribution < -0.4 is 4.72 Å². The molecule has 0 amide bonds. The van der Waals surface area contributed by atoms with Crippen LogP contribution in [0.1, 0.15) is 44.1 Å². The van der Waals surface area contributed by atoms with Crippen molar-refractivity contribution in [3.63, 3.8) is 0 Å². The Hall–Kier alpha value is -1.88. The van der Waals surface area contributed by atoms with Crippen LogP contribution in [0.2, 0.25) is 0 Å². The molecule has 1 N–H and O–H groups in total. The number of halogens is 1. The molecular formula is C22H24FNO2S. The maximum Gasteiger partial charge on any atom is 0.261 e. The first-order chi connectivity index (χ1) is 12.9. The van der Waals surface area contributed by atoms with Crippen LogP contribution in [0.15, 0.2) is 53.4 Å². The van der Waals surface area contributed by atoms with Gasteiger partial charge in [-0.15, -0.1) is 0 Å². The summed E-state index contributed by atoms with van der Waals surface area (Å²) in [5.74, 6) is 2.19. The first-order valence-electron chi connectivity index (χ1n) is 9.81. The minimum Gasteiger partial charge on any atom is -0.280 e. The van der Waals surface area contributed by atoms with Gasteiger partial charge in [-0.1, -0.05) is 12.1 Å². The molecule has 0 atom stereocenters. The van der Waals surface area contributed by atoms with Crippen molar-refractivity contribution in [2.45, 2.75) is 48.8 Å². The van der Waals surface area contributed by atoms with E-state index < -0.39 is 15.8 Å². The zero-order valence-corrected chi connectivity index (χ0v) is 16.0. The third kappa shape index (κ3) is 3.06. The largest absolute Gasteiger partial charge is 0.280 e. The van der Waals surface area contributed by atoms with Crippen molar-refractivity contribution < 1.29 is 12.8 Å². The molecule has 4 fully saturated rings. The lowest BCUT2D eigenvalue weighted by atomic mass is 9.48. The number of sulfonamides is 1. The molecule has 4 aliphatic carbocycles. The van der Waals surface area contributed by atoms with E-state index in [-0.39, 0.29) is 10.3 Å². The van der Waals surface area contributed by atoms with Crippen LogP contribution in [-0.4, -0.2) is 8.42 Å². The Bertz CT molecular complexity index is 916. The van der Waals surface area contributed by atoms with Crippen molar-refractivity contribution in [1.82, 2.24) is 0 Å². The van der Waals surface area contributed by atoms with Gasteiger partial charge < -0.3 is 0 Å². The number of benzene rings is 2. The molecule has 142 valence electrons. The van der Waals surface area contributed by atoms with Gasteiger partial charge in [0.05, 0.1) is 4.90 Å². The van der Waals surface area contributed by atoms with E-state index in [0.717, 1.165) is 17.8 Å². The monoisotopic (exact) mass is 385 g/mol. The summed E-state index contributed by atoms with van der Waals surface area (Å²) >= 11 is 0. The molecule has 27 heavy (non-hydrogen) atoms. The van der Waals surface area contributed by atoms with Crippen LogP contribution in [0.4, 0.5) is 10.1 Å². The second-order valence-corrected chi connectivity index (χ2v) is 10.5. The summed E-state index contributed by atoms with van der Waals surface area (Å²) < 4.78 is 40.8. The average Bonchev–Trinajstić information content (AvgIpc) is 2.63. The van der Waals surface area contributed by atoms with Gasteiger partial charge in [0.1, 0.15) is 5.82 Å². The molecule has 2 aromatic carbocycles. The zero-order valence-electron chi connectivity index (χ0n) is 15.2. The molecule has 0 radical (unpaired) electrons. The Kier molecular flexibility index (Phi) is 3.87. The Morgan fingerprint density at radius 2 is 1.33 bits per heavy atom. The first kappa shape index (κ1) is 17.2. The van der Waals surface area contributed by atoms with Crippen molar-refractivity contribution in [3.8, 4) is 0 Å². The molecule has 4 bridgehead atoms. The molecule has 0 aromatic heterocycles. The van der Waals surface area contributed by atoms with Crippen LogP contribution >= 0.6 is 0 Å². The fourth-order valence-corrected chi connectivity index (χ4v) is 7.24. The molecule has 0 unspecified atom stereocenters. The van der Waals surface area contributed by atoms with E-state index in [2.05, 4.69) is 4.72 Å². The Balaban J connectivity index is 1.39. The van der Waals surface area contributed by atoms with Crippen LogP contribution in [-0.2, 0) is 15.4 Å². The lowest BCUT2D eigenvalue weighted by Gasteiger charge is -2.57. The molecule has 0 saturated heterocycles. The van der Waals surface area contributed by atoms with Gasteiger partial charge in [-0.3, -0.25) is 4.72 Å². The topological polar surface area (TPSA) is 46.2 Å². The van der Waals surface area contributed by atoms with Crippen LogP contribution in [0, 0.1) is 23.6 Å². The van der Waals surface area contributed by atoms with Crippen molar-refractivity contribution in [3.05, 3.63) is 59.9 Å². The van der Waals surface area contributed by atoms with Crippen LogP contribution in [0.25, 0.3) is 0 Å². The number of hydrogen-bond acceptors (Lipinski definition) is 2. The van der Waals surface area contributed by atoms with E-state index >= 15 is 0 Å². The summed E-state index contributed by atoms with van der Waals surface area (Å²) in [6.45, 7) is 0. The summed E-state index contributed by atoms with van der Waals surface area (Å²) in [6, 6.07) is 12.8. The van der Waals surface area contributed by atoms with E-state index in [1.54, 1.807) is 12.1 Å². The molecular weight excluding hydrogens is 361 g/mol. The SMILES string of the molecule is O=S(=O)(Nc1ccc(F)cc1)c1ccc(C23CC4CC(CC(C4)C2)C3)cc1. The van der Waals surface area contributed by atoms with Gasteiger partial charge in [0.15, 0.2) is 0 Å². The highest BCUT2D eigenvalue weighted by atomic mass is 32.2. The summed E-state index contributed by atoms with van der Waals surface area (Å²) in [4.78, 5) is 0.250. The van der Waals surface area contributed by atoms with Crippen LogP contribution in [0.5, 0.6) is 0 Å². The molecule has 4 aliphatic rings. The number of hydrogen-bond donors (Lipinski definition) is 1. The molecule has 3 nitrogen and oxygen atoms in total. The van der Waals surface area contributed by atoms with Gasteiger partial charge in [-0.25, -0.2) is 12.8 Å². The van der Waals surface area contributed by atoms with Gasteiger partial charge in [0, 0.05) is 5.69 Å². The summed E-state index contributed by atoms with van der Waals surface area (Å²) in [7, 11) is -3.67. The maximum atomic E-state index is 13.0. The lowest BCUT2D eigenvalue weighted by molar-refractivity contribution is -0.00521. The van der Waals surface area contributed by atoms with E-state index in [1.807, 2.05) is 12.1 Å². The first-order valence-corrected chi connectivity index (χ1v) is 11.3. The van der Waals surface area contributed by atoms with Gasteiger partial charge >= 0.3 is 0 Å². The Morgan fingerprint density at radius 3 is 1.85 bits per heavy atom. The van der Waals surface area contributed by atoms with Crippen molar-refractivity contribution in [2.24, 2.45) is 17.8 Å². The zero-order chi connectivity index (χ0) is 18.6. The Labute approximate surface area is 160 Å². The molecule has 5 heteroatoms. The van der Waals surface area contributed by atoms with Gasteiger partial charge in [-0.2, -0.15) is 0 Å². The third-order valence-electron chi connectivity index (χ3n) is 6.91. The van der Waals surface area contributed by atoms with Gasteiger partial charge in [0.2, 0.25) is 0 Å². The highest BCUT2D eigenvalue weighted by Crippen LogP contribution is 2.60. The van der Waals surface area contributed by atoms with E-state index in [9.17, 15) is 12.8 Å². The summed E-state index contributed by atoms with van der Waals surface area (Å²) in [6.07, 6.45) is 7.98. The second-order valence-electron chi connectivity index (χ2n) is 8.83. The van der Waals surface area contributed by atoms with Crippen LogP contribution in [0.3, 0.4) is 0 Å². The fraction of sp³-hybridized carbons (Fsp3) is 0.455. The smallest absolute Gasteiger partial charge is 0.261 e. The van der Waals surface area contributed by atoms with Crippen molar-refractivity contribution in [2.75, 3.05) is 4.72 Å². The number of nitrogens with one attached hydrogen (secondary N) is 1. The number of anilines is 1. The minimum atomic E-state index is -3.67. The standard InChI is InChI=1S/C22H24FNO2S/c23-19-3-5-20(6-4-19)24-27(25,26)21-7-1-18(2-8-21)22-12-15-9-16(13-22)11-17(10-15)14-22/h1-8,15-17,24H,9-14H2. The van der Waals surface area contributed by atoms with E-state index in [0.29, 0.717) is 5.69 Å². The second kappa shape index (κ2) is 6.06. The molecule has 0 aliphatic heterocycles. The minimum absolute atomic E-state index is 0.250. The normalized spacial score (nSPS) is 31.8. The highest BCUT2D eigenvalue weighted by molar-refractivity contribution is 7.92. The van der Waals surface area contributed by atoms with E-state index in [1.165, 1.54) is 68.4 Å². The van der Waals surface area contributed by atoms with Gasteiger partial charge in [-0.05, 0) is 104 Å². The van der Waals surface area contributed by atoms with Crippen molar-refractivity contribution >= 4 is 15.7 Å². The lowest BCUT2D eigenvalue weighted by Crippen LogP contribution is -2.48. The molecule has 0 spiro atoms. The predicted octanol–water partition coefficient (Wildman–Crippen LogP) is 5.09. The maximum absolute atomic E-state index is 13.0. The summed E-state index contributed by atoms with van der Waals surface area (Å²) in [5, 5.41) is 0. The molecule has 2 aromatic rings. The third-order valence-corrected chi connectivity index (χ3v) is 8.31. The highest BCUT2D eigenvalue weighted by Gasteiger charge is 2.51. The van der Waals surface area contributed by atoms with Gasteiger partial charge in [0.25, 0.3) is 10.0 Å². The van der Waals surface area contributed by atoms with Crippen molar-refractivity contribution in [1.29, 1.82) is 0 Å². The Morgan fingerprint density at radius 1 is 0.815 bits per heavy atom. The molecule has 6 rings (SSSR count). The molecule has 4 saturated carbocycles. The van der Waals surface area contributed by atoms with E-state index in [4.69, 9.17) is 0 Å². The fourth-order valence-electron chi connectivity index (χ4n) is 6.18. The molecule has 0 heterocycles.